The Bertz CT molecular complexity index is 644. The standard InChI is InChI=1S/C14H16N4O/c1-11(12-6-9-19-10-12)15-7-5-14-17-16-13-4-2-3-8-18(13)14/h2-4,6,8-11,15H,5,7H2,1H3. The fraction of sp³-hybridized carbons (Fsp3) is 0.286. The summed E-state index contributed by atoms with van der Waals surface area (Å²) in [6, 6.07) is 8.16. The van der Waals surface area contributed by atoms with Gasteiger partial charge in [-0.15, -0.1) is 10.2 Å². The lowest BCUT2D eigenvalue weighted by molar-refractivity contribution is 0.537. The summed E-state index contributed by atoms with van der Waals surface area (Å²) in [5, 5.41) is 11.8. The van der Waals surface area contributed by atoms with Crippen LogP contribution >= 0.6 is 0 Å². The molecule has 0 bridgehead atoms. The zero-order chi connectivity index (χ0) is 13.1. The molecule has 3 aromatic heterocycles. The molecule has 0 radical (unpaired) electrons. The summed E-state index contributed by atoms with van der Waals surface area (Å²) in [6.45, 7) is 2.97. The van der Waals surface area contributed by atoms with Crippen molar-refractivity contribution in [3.8, 4) is 0 Å². The van der Waals surface area contributed by atoms with Crippen molar-refractivity contribution in [1.82, 2.24) is 19.9 Å². The molecule has 19 heavy (non-hydrogen) atoms. The number of nitrogens with one attached hydrogen (secondary N) is 1. The van der Waals surface area contributed by atoms with E-state index in [4.69, 9.17) is 4.42 Å². The van der Waals surface area contributed by atoms with Gasteiger partial charge in [0.2, 0.25) is 0 Å². The second-order valence-electron chi connectivity index (χ2n) is 4.53. The van der Waals surface area contributed by atoms with Crippen molar-refractivity contribution in [3.05, 3.63) is 54.4 Å². The Balaban J connectivity index is 1.61. The summed E-state index contributed by atoms with van der Waals surface area (Å²) in [7, 11) is 0. The normalized spacial score (nSPS) is 12.9. The molecule has 0 spiro atoms. The van der Waals surface area contributed by atoms with E-state index in [0.29, 0.717) is 0 Å². The van der Waals surface area contributed by atoms with Crippen LogP contribution in [0.25, 0.3) is 5.65 Å². The maximum Gasteiger partial charge on any atom is 0.160 e. The van der Waals surface area contributed by atoms with Crippen LogP contribution in [0.2, 0.25) is 0 Å². The van der Waals surface area contributed by atoms with E-state index in [2.05, 4.69) is 22.4 Å². The lowest BCUT2D eigenvalue weighted by Crippen LogP contribution is -2.21. The first kappa shape index (κ1) is 11.9. The second-order valence-corrected chi connectivity index (χ2v) is 4.53. The number of pyridine rings is 1. The summed E-state index contributed by atoms with van der Waals surface area (Å²) in [4.78, 5) is 0. The maximum atomic E-state index is 5.08. The van der Waals surface area contributed by atoms with Gasteiger partial charge in [0, 0.05) is 30.8 Å². The summed E-state index contributed by atoms with van der Waals surface area (Å²) >= 11 is 0. The van der Waals surface area contributed by atoms with Crippen molar-refractivity contribution in [2.75, 3.05) is 6.54 Å². The predicted octanol–water partition coefficient (Wildman–Crippen LogP) is 2.22. The highest BCUT2D eigenvalue weighted by molar-refractivity contribution is 5.37. The fourth-order valence-corrected chi connectivity index (χ4v) is 2.10. The minimum Gasteiger partial charge on any atom is -0.472 e. The molecule has 98 valence electrons. The van der Waals surface area contributed by atoms with Gasteiger partial charge < -0.3 is 9.73 Å². The molecular formula is C14H16N4O. The predicted molar refractivity (Wildman–Crippen MR) is 71.8 cm³/mol. The lowest BCUT2D eigenvalue weighted by atomic mass is 10.2. The van der Waals surface area contributed by atoms with Crippen LogP contribution in [0.15, 0.2) is 47.4 Å². The maximum absolute atomic E-state index is 5.08. The van der Waals surface area contributed by atoms with Gasteiger partial charge in [0.25, 0.3) is 0 Å². The zero-order valence-electron chi connectivity index (χ0n) is 10.8. The largest absolute Gasteiger partial charge is 0.472 e. The Hall–Kier alpha value is -2.14. The molecule has 0 aliphatic carbocycles. The molecule has 0 saturated carbocycles. The van der Waals surface area contributed by atoms with Crippen molar-refractivity contribution in [2.24, 2.45) is 0 Å². The van der Waals surface area contributed by atoms with Crippen molar-refractivity contribution in [1.29, 1.82) is 0 Å². The number of nitrogens with zero attached hydrogens (tertiary/aromatic N) is 3. The summed E-state index contributed by atoms with van der Waals surface area (Å²) < 4.78 is 7.10. The van der Waals surface area contributed by atoms with Gasteiger partial charge in [-0.05, 0) is 25.1 Å². The van der Waals surface area contributed by atoms with Gasteiger partial charge in [0.1, 0.15) is 5.82 Å². The van der Waals surface area contributed by atoms with Crippen LogP contribution in [-0.2, 0) is 6.42 Å². The van der Waals surface area contributed by atoms with Gasteiger partial charge in [0.15, 0.2) is 5.65 Å². The van der Waals surface area contributed by atoms with Crippen molar-refractivity contribution in [3.63, 3.8) is 0 Å². The molecule has 0 aromatic carbocycles. The molecule has 3 heterocycles. The molecule has 0 fully saturated rings. The SMILES string of the molecule is CC(NCCc1nnc2ccccn12)c1ccoc1. The average Bonchev–Trinajstić information content (AvgIpc) is 3.08. The Morgan fingerprint density at radius 1 is 1.32 bits per heavy atom. The molecule has 0 amide bonds. The quantitative estimate of drug-likeness (QED) is 0.760. The molecule has 3 aromatic rings. The fourth-order valence-electron chi connectivity index (χ4n) is 2.10. The highest BCUT2D eigenvalue weighted by Gasteiger charge is 2.07. The molecule has 5 nitrogen and oxygen atoms in total. The smallest absolute Gasteiger partial charge is 0.160 e. The highest BCUT2D eigenvalue weighted by Crippen LogP contribution is 2.12. The van der Waals surface area contributed by atoms with Crippen LogP contribution in [0.4, 0.5) is 0 Å². The van der Waals surface area contributed by atoms with E-state index < -0.39 is 0 Å². The average molecular weight is 256 g/mol. The topological polar surface area (TPSA) is 55.4 Å². The van der Waals surface area contributed by atoms with Crippen LogP contribution in [0.5, 0.6) is 0 Å². The van der Waals surface area contributed by atoms with E-state index in [1.165, 1.54) is 0 Å². The van der Waals surface area contributed by atoms with E-state index >= 15 is 0 Å². The molecule has 0 aliphatic rings. The Kier molecular flexibility index (Phi) is 3.29. The van der Waals surface area contributed by atoms with Crippen LogP contribution in [0.3, 0.4) is 0 Å². The van der Waals surface area contributed by atoms with Crippen molar-refractivity contribution < 1.29 is 4.42 Å². The van der Waals surface area contributed by atoms with Crippen LogP contribution in [0, 0.1) is 0 Å². The van der Waals surface area contributed by atoms with Gasteiger partial charge in [0.05, 0.1) is 12.5 Å². The van der Waals surface area contributed by atoms with Crippen LogP contribution in [-0.4, -0.2) is 21.1 Å². The van der Waals surface area contributed by atoms with E-state index in [9.17, 15) is 0 Å². The lowest BCUT2D eigenvalue weighted by Gasteiger charge is -2.10. The molecule has 1 atom stereocenters. The minimum absolute atomic E-state index is 0.276. The summed E-state index contributed by atoms with van der Waals surface area (Å²) in [5.41, 5.74) is 2.05. The molecule has 5 heteroatoms. The number of aromatic nitrogens is 3. The molecule has 1 N–H and O–H groups in total. The van der Waals surface area contributed by atoms with Crippen LogP contribution < -0.4 is 5.32 Å². The van der Waals surface area contributed by atoms with Gasteiger partial charge in [-0.2, -0.15) is 0 Å². The summed E-state index contributed by atoms with van der Waals surface area (Å²) in [5.74, 6) is 0.975. The molecule has 0 aliphatic heterocycles. The van der Waals surface area contributed by atoms with Gasteiger partial charge in [-0.3, -0.25) is 4.40 Å². The third kappa shape index (κ3) is 2.51. The van der Waals surface area contributed by atoms with Gasteiger partial charge in [-0.25, -0.2) is 0 Å². The minimum atomic E-state index is 0.276. The van der Waals surface area contributed by atoms with Gasteiger partial charge in [-0.1, -0.05) is 6.07 Å². The van der Waals surface area contributed by atoms with E-state index in [0.717, 1.165) is 30.0 Å². The molecule has 1 unspecified atom stereocenters. The first-order valence-corrected chi connectivity index (χ1v) is 6.39. The Morgan fingerprint density at radius 2 is 2.26 bits per heavy atom. The third-order valence-electron chi connectivity index (χ3n) is 3.23. The highest BCUT2D eigenvalue weighted by atomic mass is 16.3. The second kappa shape index (κ2) is 5.24. The van der Waals surface area contributed by atoms with Gasteiger partial charge >= 0.3 is 0 Å². The number of rotatable bonds is 5. The third-order valence-corrected chi connectivity index (χ3v) is 3.23. The monoisotopic (exact) mass is 256 g/mol. The Labute approximate surface area is 111 Å². The summed E-state index contributed by atoms with van der Waals surface area (Å²) in [6.07, 6.45) is 6.29. The number of hydrogen-bond donors (Lipinski definition) is 1. The Morgan fingerprint density at radius 3 is 3.11 bits per heavy atom. The van der Waals surface area contributed by atoms with Crippen LogP contribution in [0.1, 0.15) is 24.4 Å². The first-order chi connectivity index (χ1) is 9.34. The van der Waals surface area contributed by atoms with Crippen molar-refractivity contribution in [2.45, 2.75) is 19.4 Å². The number of hydrogen-bond acceptors (Lipinski definition) is 4. The van der Waals surface area contributed by atoms with Crippen molar-refractivity contribution >= 4 is 5.65 Å². The molecular weight excluding hydrogens is 240 g/mol. The number of fused-ring (bicyclic) bond motifs is 1. The van der Waals surface area contributed by atoms with E-state index in [-0.39, 0.29) is 6.04 Å². The number of furan rings is 1. The molecule has 0 saturated heterocycles. The molecule has 3 rings (SSSR count). The first-order valence-electron chi connectivity index (χ1n) is 6.39. The van der Waals surface area contributed by atoms with E-state index in [1.54, 1.807) is 12.5 Å². The zero-order valence-corrected chi connectivity index (χ0v) is 10.8. The van der Waals surface area contributed by atoms with E-state index in [1.807, 2.05) is 34.9 Å².